The van der Waals surface area contributed by atoms with Gasteiger partial charge in [0.2, 0.25) is 0 Å². The van der Waals surface area contributed by atoms with E-state index >= 15 is 0 Å². The number of benzene rings is 2. The van der Waals surface area contributed by atoms with Crippen molar-refractivity contribution in [3.8, 4) is 0 Å². The molecule has 0 radical (unpaired) electrons. The molecule has 1 atom stereocenters. The first-order valence-corrected chi connectivity index (χ1v) is 10.6. The van der Waals surface area contributed by atoms with Gasteiger partial charge < -0.3 is 4.90 Å². The zero-order valence-electron chi connectivity index (χ0n) is 17.9. The van der Waals surface area contributed by atoms with Crippen LogP contribution < -0.4 is 4.90 Å². The van der Waals surface area contributed by atoms with Crippen LogP contribution in [0.25, 0.3) is 0 Å². The SMILES string of the molecule is CCC(C)(C)n1nnnc1[C@@H](c1ccccc1)N1CCN(c2ccccc2F)CC1. The molecule has 1 fully saturated rings. The third kappa shape index (κ3) is 3.94. The number of halogens is 1. The van der Waals surface area contributed by atoms with Gasteiger partial charge in [0.1, 0.15) is 5.82 Å². The van der Waals surface area contributed by atoms with Gasteiger partial charge in [-0.1, -0.05) is 49.4 Å². The Kier molecular flexibility index (Phi) is 5.81. The molecule has 158 valence electrons. The molecule has 30 heavy (non-hydrogen) atoms. The smallest absolute Gasteiger partial charge is 0.173 e. The molecule has 0 saturated carbocycles. The summed E-state index contributed by atoms with van der Waals surface area (Å²) in [7, 11) is 0. The van der Waals surface area contributed by atoms with Gasteiger partial charge in [-0.2, -0.15) is 0 Å². The number of nitrogens with zero attached hydrogens (tertiary/aromatic N) is 6. The van der Waals surface area contributed by atoms with Crippen LogP contribution in [0.15, 0.2) is 54.6 Å². The number of hydrogen-bond donors (Lipinski definition) is 0. The number of para-hydroxylation sites is 1. The Balaban J connectivity index is 1.63. The first-order chi connectivity index (χ1) is 14.5. The monoisotopic (exact) mass is 408 g/mol. The van der Waals surface area contributed by atoms with E-state index in [1.54, 1.807) is 6.07 Å². The van der Waals surface area contributed by atoms with E-state index in [-0.39, 0.29) is 17.4 Å². The molecule has 1 aromatic heterocycles. The summed E-state index contributed by atoms with van der Waals surface area (Å²) in [6, 6.07) is 17.3. The molecule has 0 amide bonds. The van der Waals surface area contributed by atoms with Crippen molar-refractivity contribution in [1.82, 2.24) is 25.1 Å². The predicted octanol–water partition coefficient (Wildman–Crippen LogP) is 3.87. The summed E-state index contributed by atoms with van der Waals surface area (Å²) in [5, 5.41) is 12.8. The first kappa shape index (κ1) is 20.5. The quantitative estimate of drug-likeness (QED) is 0.620. The molecular weight excluding hydrogens is 379 g/mol. The fourth-order valence-electron chi connectivity index (χ4n) is 4.03. The summed E-state index contributed by atoms with van der Waals surface area (Å²) >= 11 is 0. The van der Waals surface area contributed by atoms with Crippen molar-refractivity contribution in [2.45, 2.75) is 38.8 Å². The largest absolute Gasteiger partial charge is 0.367 e. The summed E-state index contributed by atoms with van der Waals surface area (Å²) in [5.74, 6) is 0.687. The van der Waals surface area contributed by atoms with Crippen molar-refractivity contribution < 1.29 is 4.39 Å². The Morgan fingerprint density at radius 3 is 2.30 bits per heavy atom. The summed E-state index contributed by atoms with van der Waals surface area (Å²) < 4.78 is 16.2. The number of aromatic nitrogens is 4. The molecule has 4 rings (SSSR count). The van der Waals surface area contributed by atoms with E-state index in [0.717, 1.165) is 38.4 Å². The van der Waals surface area contributed by atoms with E-state index in [9.17, 15) is 4.39 Å². The van der Waals surface area contributed by atoms with E-state index in [1.807, 2.05) is 22.9 Å². The molecule has 0 spiro atoms. The molecule has 0 N–H and O–H groups in total. The number of anilines is 1. The number of rotatable bonds is 6. The summed E-state index contributed by atoms with van der Waals surface area (Å²) in [6.45, 7) is 9.57. The van der Waals surface area contributed by atoms with Crippen molar-refractivity contribution in [1.29, 1.82) is 0 Å². The molecule has 1 aliphatic rings. The Morgan fingerprint density at radius 2 is 1.63 bits per heavy atom. The number of tetrazole rings is 1. The van der Waals surface area contributed by atoms with Crippen LogP contribution in [-0.4, -0.2) is 51.3 Å². The minimum absolute atomic E-state index is 0.0465. The van der Waals surface area contributed by atoms with Crippen LogP contribution in [0, 0.1) is 5.82 Å². The zero-order chi connectivity index (χ0) is 21.1. The van der Waals surface area contributed by atoms with Gasteiger partial charge in [0.15, 0.2) is 5.82 Å². The lowest BCUT2D eigenvalue weighted by Crippen LogP contribution is -2.49. The van der Waals surface area contributed by atoms with Gasteiger partial charge in [-0.15, -0.1) is 5.10 Å². The maximum absolute atomic E-state index is 14.3. The van der Waals surface area contributed by atoms with Crippen molar-refractivity contribution in [3.05, 3.63) is 71.8 Å². The van der Waals surface area contributed by atoms with E-state index < -0.39 is 0 Å². The highest BCUT2D eigenvalue weighted by Crippen LogP contribution is 2.32. The van der Waals surface area contributed by atoms with Gasteiger partial charge in [-0.05, 0) is 48.4 Å². The summed E-state index contributed by atoms with van der Waals surface area (Å²) in [5.41, 5.74) is 1.66. The summed E-state index contributed by atoms with van der Waals surface area (Å²) in [4.78, 5) is 4.52. The lowest BCUT2D eigenvalue weighted by Gasteiger charge is -2.40. The third-order valence-electron chi connectivity index (χ3n) is 6.16. The van der Waals surface area contributed by atoms with Crippen LogP contribution in [-0.2, 0) is 5.54 Å². The van der Waals surface area contributed by atoms with Gasteiger partial charge in [-0.25, -0.2) is 9.07 Å². The highest BCUT2D eigenvalue weighted by molar-refractivity contribution is 5.48. The lowest BCUT2D eigenvalue weighted by atomic mass is 9.99. The Bertz CT molecular complexity index is 963. The van der Waals surface area contributed by atoms with E-state index in [2.05, 4.69) is 70.4 Å². The van der Waals surface area contributed by atoms with Crippen LogP contribution in [0.5, 0.6) is 0 Å². The molecule has 6 nitrogen and oxygen atoms in total. The molecular formula is C23H29FN6. The molecule has 7 heteroatoms. The van der Waals surface area contributed by atoms with Gasteiger partial charge in [0, 0.05) is 26.2 Å². The summed E-state index contributed by atoms with van der Waals surface area (Å²) in [6.07, 6.45) is 0.924. The molecule has 1 aliphatic heterocycles. The molecule has 3 aromatic rings. The highest BCUT2D eigenvalue weighted by Gasteiger charge is 2.34. The number of hydrogen-bond acceptors (Lipinski definition) is 5. The van der Waals surface area contributed by atoms with Gasteiger partial charge >= 0.3 is 0 Å². The zero-order valence-corrected chi connectivity index (χ0v) is 17.9. The average Bonchev–Trinajstić information content (AvgIpc) is 3.26. The van der Waals surface area contributed by atoms with Crippen LogP contribution >= 0.6 is 0 Å². The van der Waals surface area contributed by atoms with E-state index in [0.29, 0.717) is 5.69 Å². The molecule has 0 bridgehead atoms. The van der Waals surface area contributed by atoms with Gasteiger partial charge in [0.25, 0.3) is 0 Å². The lowest BCUT2D eigenvalue weighted by molar-refractivity contribution is 0.187. The second-order valence-corrected chi connectivity index (χ2v) is 8.40. The molecule has 1 saturated heterocycles. The molecule has 2 aromatic carbocycles. The minimum atomic E-state index is -0.180. The fraction of sp³-hybridized carbons (Fsp3) is 0.435. The maximum Gasteiger partial charge on any atom is 0.173 e. The van der Waals surface area contributed by atoms with Crippen molar-refractivity contribution >= 4 is 5.69 Å². The second kappa shape index (κ2) is 8.52. The third-order valence-corrected chi connectivity index (χ3v) is 6.16. The predicted molar refractivity (Wildman–Crippen MR) is 116 cm³/mol. The fourth-order valence-corrected chi connectivity index (χ4v) is 4.03. The Labute approximate surface area is 177 Å². The molecule has 2 heterocycles. The average molecular weight is 409 g/mol. The van der Waals surface area contributed by atoms with E-state index in [1.165, 1.54) is 11.6 Å². The van der Waals surface area contributed by atoms with Gasteiger partial charge in [-0.3, -0.25) is 4.90 Å². The van der Waals surface area contributed by atoms with Crippen LogP contribution in [0.4, 0.5) is 10.1 Å². The van der Waals surface area contributed by atoms with E-state index in [4.69, 9.17) is 0 Å². The Hall–Kier alpha value is -2.80. The first-order valence-electron chi connectivity index (χ1n) is 10.6. The Morgan fingerprint density at radius 1 is 0.967 bits per heavy atom. The topological polar surface area (TPSA) is 50.1 Å². The second-order valence-electron chi connectivity index (χ2n) is 8.40. The van der Waals surface area contributed by atoms with Crippen molar-refractivity contribution in [2.75, 3.05) is 31.1 Å². The normalized spacial score (nSPS) is 16.6. The highest BCUT2D eigenvalue weighted by atomic mass is 19.1. The van der Waals surface area contributed by atoms with Crippen molar-refractivity contribution in [2.24, 2.45) is 0 Å². The van der Waals surface area contributed by atoms with Crippen LogP contribution in [0.2, 0.25) is 0 Å². The van der Waals surface area contributed by atoms with Crippen LogP contribution in [0.1, 0.15) is 44.6 Å². The molecule has 0 unspecified atom stereocenters. The molecule has 0 aliphatic carbocycles. The maximum atomic E-state index is 14.3. The van der Waals surface area contributed by atoms with Crippen molar-refractivity contribution in [3.63, 3.8) is 0 Å². The standard InChI is InChI=1S/C23H29FN6/c1-4-23(2,3)30-22(25-26-27-30)21(18-10-6-5-7-11-18)29-16-14-28(15-17-29)20-13-9-8-12-19(20)24/h5-13,21H,4,14-17H2,1-3H3/t21-/m1/s1. The van der Waals surface area contributed by atoms with Crippen LogP contribution in [0.3, 0.4) is 0 Å². The number of piperazine rings is 1. The minimum Gasteiger partial charge on any atom is -0.367 e. The van der Waals surface area contributed by atoms with Gasteiger partial charge in [0.05, 0.1) is 17.3 Å².